The third-order valence-corrected chi connectivity index (χ3v) is 5.45. The molecule has 2 heterocycles. The maximum Gasteiger partial charge on any atom is 0.191 e. The largest absolute Gasteiger partial charge is 0.361 e. The first kappa shape index (κ1) is 22.7. The molecule has 28 heavy (non-hydrogen) atoms. The van der Waals surface area contributed by atoms with Gasteiger partial charge in [-0.25, -0.2) is 4.99 Å². The van der Waals surface area contributed by atoms with Crippen molar-refractivity contribution < 1.29 is 4.52 Å². The molecule has 7 nitrogen and oxygen atoms in total. The molecule has 1 aliphatic rings. The Morgan fingerprint density at radius 3 is 2.39 bits per heavy atom. The van der Waals surface area contributed by atoms with Crippen LogP contribution >= 0.6 is 0 Å². The minimum atomic E-state index is 0.574. The van der Waals surface area contributed by atoms with Gasteiger partial charge in [-0.2, -0.15) is 0 Å². The standard InChI is InChI=1S/C21H40N6O/c1-6-19-18(20(7-2)28-25-19)15-24-21(22-8-3)23-14-17(5)16-27-12-10-26(9-4)11-13-27/h17H,6-16H2,1-5H3,(H2,22,23,24). The summed E-state index contributed by atoms with van der Waals surface area (Å²) in [6, 6.07) is 0. The minimum absolute atomic E-state index is 0.574. The third kappa shape index (κ3) is 6.78. The van der Waals surface area contributed by atoms with E-state index >= 15 is 0 Å². The second kappa shape index (κ2) is 12.1. The van der Waals surface area contributed by atoms with Gasteiger partial charge < -0.3 is 25.0 Å². The SMILES string of the molecule is CCNC(=NCc1c(CC)noc1CC)NCC(C)CN1CCN(CC)CC1. The van der Waals surface area contributed by atoms with Gasteiger partial charge in [-0.3, -0.25) is 0 Å². The molecule has 0 radical (unpaired) electrons. The number of aromatic nitrogens is 1. The van der Waals surface area contributed by atoms with Crippen LogP contribution in [-0.4, -0.2) is 73.3 Å². The zero-order valence-corrected chi connectivity index (χ0v) is 18.6. The number of nitrogens with one attached hydrogen (secondary N) is 2. The zero-order valence-electron chi connectivity index (χ0n) is 18.6. The molecule has 0 amide bonds. The third-order valence-electron chi connectivity index (χ3n) is 5.45. The predicted octanol–water partition coefficient (Wildman–Crippen LogP) is 2.13. The molecule has 1 aromatic heterocycles. The molecule has 0 spiro atoms. The summed E-state index contributed by atoms with van der Waals surface area (Å²) in [4.78, 5) is 9.89. The van der Waals surface area contributed by atoms with Gasteiger partial charge in [0.2, 0.25) is 0 Å². The highest BCUT2D eigenvalue weighted by atomic mass is 16.5. The molecule has 0 saturated carbocycles. The average Bonchev–Trinajstić information content (AvgIpc) is 3.12. The van der Waals surface area contributed by atoms with Crippen molar-refractivity contribution >= 4 is 5.96 Å². The first-order valence-corrected chi connectivity index (χ1v) is 11.0. The van der Waals surface area contributed by atoms with Crippen molar-refractivity contribution in [2.75, 3.05) is 52.4 Å². The van der Waals surface area contributed by atoms with Crippen molar-refractivity contribution in [1.82, 2.24) is 25.6 Å². The molecule has 1 saturated heterocycles. The van der Waals surface area contributed by atoms with Gasteiger partial charge in [0.05, 0.1) is 12.2 Å². The molecule has 1 aromatic rings. The lowest BCUT2D eigenvalue weighted by atomic mass is 10.1. The zero-order chi connectivity index (χ0) is 20.4. The van der Waals surface area contributed by atoms with Gasteiger partial charge in [0.25, 0.3) is 0 Å². The Labute approximate surface area is 170 Å². The van der Waals surface area contributed by atoms with E-state index in [1.165, 1.54) is 32.7 Å². The van der Waals surface area contributed by atoms with E-state index in [1.54, 1.807) is 0 Å². The van der Waals surface area contributed by atoms with Crippen LogP contribution in [0.25, 0.3) is 0 Å². The Balaban J connectivity index is 1.85. The fraction of sp³-hybridized carbons (Fsp3) is 0.810. The average molecular weight is 393 g/mol. The van der Waals surface area contributed by atoms with E-state index in [9.17, 15) is 0 Å². The van der Waals surface area contributed by atoms with E-state index in [2.05, 4.69) is 60.2 Å². The molecule has 160 valence electrons. The van der Waals surface area contributed by atoms with Crippen LogP contribution in [0.2, 0.25) is 0 Å². The highest BCUT2D eigenvalue weighted by molar-refractivity contribution is 5.79. The first-order valence-electron chi connectivity index (χ1n) is 11.0. The summed E-state index contributed by atoms with van der Waals surface area (Å²) in [5, 5.41) is 11.1. The van der Waals surface area contributed by atoms with Gasteiger partial charge in [-0.15, -0.1) is 0 Å². The Morgan fingerprint density at radius 2 is 1.79 bits per heavy atom. The van der Waals surface area contributed by atoms with Gasteiger partial charge >= 0.3 is 0 Å². The maximum absolute atomic E-state index is 5.46. The van der Waals surface area contributed by atoms with Gasteiger partial charge in [0.1, 0.15) is 5.76 Å². The molecule has 0 bridgehead atoms. The second-order valence-electron chi connectivity index (χ2n) is 7.65. The Bertz CT molecular complexity index is 570. The molecule has 1 atom stereocenters. The van der Waals surface area contributed by atoms with E-state index in [-0.39, 0.29) is 0 Å². The summed E-state index contributed by atoms with van der Waals surface area (Å²) in [7, 11) is 0. The van der Waals surface area contributed by atoms with Gasteiger partial charge in [-0.1, -0.05) is 32.9 Å². The van der Waals surface area contributed by atoms with Gasteiger partial charge in [-0.05, 0) is 25.8 Å². The molecular weight excluding hydrogens is 352 g/mol. The number of guanidine groups is 1. The smallest absolute Gasteiger partial charge is 0.191 e. The molecule has 0 aliphatic carbocycles. The molecule has 2 N–H and O–H groups in total. The summed E-state index contributed by atoms with van der Waals surface area (Å²) in [5.41, 5.74) is 2.17. The van der Waals surface area contributed by atoms with Crippen LogP contribution < -0.4 is 10.6 Å². The van der Waals surface area contributed by atoms with Crippen LogP contribution in [0.1, 0.15) is 51.6 Å². The van der Waals surface area contributed by atoms with E-state index in [4.69, 9.17) is 9.52 Å². The van der Waals surface area contributed by atoms with E-state index in [1.807, 2.05) is 0 Å². The second-order valence-corrected chi connectivity index (χ2v) is 7.65. The molecule has 1 unspecified atom stereocenters. The van der Waals surface area contributed by atoms with E-state index < -0.39 is 0 Å². The van der Waals surface area contributed by atoms with Gasteiger partial charge in [0, 0.05) is 57.8 Å². The lowest BCUT2D eigenvalue weighted by molar-refractivity contribution is 0.124. The number of piperazine rings is 1. The highest BCUT2D eigenvalue weighted by Crippen LogP contribution is 2.16. The molecule has 1 fully saturated rings. The van der Waals surface area contributed by atoms with Crippen LogP contribution in [0.5, 0.6) is 0 Å². The summed E-state index contributed by atoms with van der Waals surface area (Å²) < 4.78 is 5.46. The van der Waals surface area contributed by atoms with E-state index in [0.717, 1.165) is 55.5 Å². The summed E-state index contributed by atoms with van der Waals surface area (Å²) in [6.07, 6.45) is 1.73. The number of aryl methyl sites for hydroxylation is 2. The number of rotatable bonds is 10. The molecular formula is C21H40N6O. The lowest BCUT2D eigenvalue weighted by Crippen LogP contribution is -2.48. The van der Waals surface area contributed by atoms with Crippen molar-refractivity contribution in [3.63, 3.8) is 0 Å². The van der Waals surface area contributed by atoms with Crippen LogP contribution in [0.15, 0.2) is 9.52 Å². The molecule has 0 aromatic carbocycles. The molecule has 1 aliphatic heterocycles. The first-order chi connectivity index (χ1) is 13.6. The number of nitrogens with zero attached hydrogens (tertiary/aromatic N) is 4. The molecule has 2 rings (SSSR count). The fourth-order valence-corrected chi connectivity index (χ4v) is 3.68. The van der Waals surface area contributed by atoms with Crippen molar-refractivity contribution in [3.8, 4) is 0 Å². The van der Waals surface area contributed by atoms with Crippen LogP contribution in [0, 0.1) is 5.92 Å². The minimum Gasteiger partial charge on any atom is -0.361 e. The Morgan fingerprint density at radius 1 is 1.07 bits per heavy atom. The van der Waals surface area contributed by atoms with Gasteiger partial charge in [0.15, 0.2) is 5.96 Å². The van der Waals surface area contributed by atoms with E-state index in [0.29, 0.717) is 12.5 Å². The van der Waals surface area contributed by atoms with Crippen LogP contribution in [-0.2, 0) is 19.4 Å². The monoisotopic (exact) mass is 392 g/mol. The summed E-state index contributed by atoms with van der Waals surface area (Å²) in [6.45, 7) is 20.3. The van der Waals surface area contributed by atoms with Crippen molar-refractivity contribution in [2.24, 2.45) is 10.9 Å². The number of hydrogen-bond donors (Lipinski definition) is 2. The predicted molar refractivity (Wildman–Crippen MR) is 116 cm³/mol. The van der Waals surface area contributed by atoms with Crippen molar-refractivity contribution in [3.05, 3.63) is 17.0 Å². The maximum atomic E-state index is 5.46. The van der Waals surface area contributed by atoms with Crippen LogP contribution in [0.4, 0.5) is 0 Å². The van der Waals surface area contributed by atoms with Crippen molar-refractivity contribution in [2.45, 2.75) is 54.0 Å². The number of aliphatic imine (C=N–C) groups is 1. The number of hydrogen-bond acceptors (Lipinski definition) is 5. The highest BCUT2D eigenvalue weighted by Gasteiger charge is 2.18. The Kier molecular flexibility index (Phi) is 9.78. The number of likely N-dealkylation sites (N-methyl/N-ethyl adjacent to an activating group) is 1. The topological polar surface area (TPSA) is 68.9 Å². The van der Waals surface area contributed by atoms with Crippen molar-refractivity contribution in [1.29, 1.82) is 0 Å². The lowest BCUT2D eigenvalue weighted by Gasteiger charge is -2.35. The summed E-state index contributed by atoms with van der Waals surface area (Å²) in [5.74, 6) is 2.40. The normalized spacial score (nSPS) is 17.7. The Hall–Kier alpha value is -1.60. The summed E-state index contributed by atoms with van der Waals surface area (Å²) >= 11 is 0. The fourth-order valence-electron chi connectivity index (χ4n) is 3.68. The molecule has 7 heteroatoms. The quantitative estimate of drug-likeness (QED) is 0.470. The van der Waals surface area contributed by atoms with Crippen LogP contribution in [0.3, 0.4) is 0 Å².